The van der Waals surface area contributed by atoms with E-state index in [0.29, 0.717) is 12.6 Å². The Morgan fingerprint density at radius 1 is 1.22 bits per heavy atom. The zero-order chi connectivity index (χ0) is 13.1. The minimum absolute atomic E-state index is 0.383. The van der Waals surface area contributed by atoms with Gasteiger partial charge in [0, 0.05) is 30.6 Å². The number of nitrogens with zero attached hydrogens (tertiary/aromatic N) is 1. The third kappa shape index (κ3) is 2.90. The van der Waals surface area contributed by atoms with E-state index in [4.69, 9.17) is 5.73 Å². The third-order valence-corrected chi connectivity index (χ3v) is 4.92. The maximum Gasteiger partial charge on any atom is 0.0470 e. The van der Waals surface area contributed by atoms with Crippen LogP contribution in [0.4, 0.5) is 0 Å². The van der Waals surface area contributed by atoms with Gasteiger partial charge in [0.15, 0.2) is 0 Å². The van der Waals surface area contributed by atoms with Gasteiger partial charge in [-0.3, -0.25) is 4.90 Å². The van der Waals surface area contributed by atoms with E-state index in [1.807, 2.05) is 0 Å². The van der Waals surface area contributed by atoms with Gasteiger partial charge in [0.2, 0.25) is 0 Å². The van der Waals surface area contributed by atoms with Gasteiger partial charge in [-0.2, -0.15) is 0 Å². The van der Waals surface area contributed by atoms with Gasteiger partial charge in [0.25, 0.3) is 0 Å². The number of benzene rings is 1. The Morgan fingerprint density at radius 2 is 1.78 bits per heavy atom. The van der Waals surface area contributed by atoms with E-state index in [-0.39, 0.29) is 0 Å². The van der Waals surface area contributed by atoms with Crippen LogP contribution in [0.2, 0.25) is 0 Å². The van der Waals surface area contributed by atoms with Gasteiger partial charge < -0.3 is 5.73 Å². The Hall–Kier alpha value is -0.510. The molecule has 0 aliphatic carbocycles. The van der Waals surface area contributed by atoms with Gasteiger partial charge >= 0.3 is 0 Å². The van der Waals surface area contributed by atoms with Gasteiger partial charge in [-0.05, 0) is 35.8 Å². The first-order valence-corrected chi connectivity index (χ1v) is 7.96. The fraction of sp³-hybridized carbons (Fsp3) is 0.600. The fourth-order valence-corrected chi connectivity index (χ4v) is 3.16. The third-order valence-electron chi connectivity index (χ3n) is 4.18. The molecule has 3 unspecified atom stereocenters. The summed E-state index contributed by atoms with van der Waals surface area (Å²) in [4.78, 5) is 3.86. The van der Waals surface area contributed by atoms with Gasteiger partial charge in [0.05, 0.1) is 0 Å². The molecule has 1 saturated heterocycles. The molecule has 0 amide bonds. The summed E-state index contributed by atoms with van der Waals surface area (Å²) >= 11 is 1.78. The van der Waals surface area contributed by atoms with Gasteiger partial charge in [-0.1, -0.05) is 26.0 Å². The molecular formula is C15H24N2S. The van der Waals surface area contributed by atoms with Crippen LogP contribution in [0.15, 0.2) is 29.2 Å². The maximum absolute atomic E-state index is 6.00. The molecule has 2 nitrogen and oxygen atoms in total. The molecule has 1 fully saturated rings. The molecule has 0 aromatic heterocycles. The Balaban J connectivity index is 2.12. The predicted octanol–water partition coefficient (Wildman–Crippen LogP) is 3.00. The van der Waals surface area contributed by atoms with Gasteiger partial charge in [0.1, 0.15) is 0 Å². The summed E-state index contributed by atoms with van der Waals surface area (Å²) < 4.78 is 0. The van der Waals surface area contributed by atoms with Crippen LogP contribution in [0.25, 0.3) is 0 Å². The molecule has 2 N–H and O–H groups in total. The van der Waals surface area contributed by atoms with Crippen LogP contribution < -0.4 is 5.73 Å². The van der Waals surface area contributed by atoms with Crippen molar-refractivity contribution in [2.75, 3.05) is 25.9 Å². The van der Waals surface area contributed by atoms with Crippen molar-refractivity contribution >= 4 is 11.8 Å². The Kier molecular flexibility index (Phi) is 4.71. The average molecular weight is 264 g/mol. The summed E-state index contributed by atoms with van der Waals surface area (Å²) in [6.07, 6.45) is 2.11. The van der Waals surface area contributed by atoms with E-state index in [1.165, 1.54) is 23.5 Å². The lowest BCUT2D eigenvalue weighted by Gasteiger charge is -2.27. The van der Waals surface area contributed by atoms with Crippen molar-refractivity contribution in [3.63, 3.8) is 0 Å². The lowest BCUT2D eigenvalue weighted by Crippen LogP contribution is -2.32. The summed E-state index contributed by atoms with van der Waals surface area (Å²) in [7, 11) is 0. The minimum Gasteiger partial charge on any atom is -0.329 e. The largest absolute Gasteiger partial charge is 0.329 e. The van der Waals surface area contributed by atoms with E-state index < -0.39 is 0 Å². The molecule has 2 rings (SSSR count). The molecule has 1 heterocycles. The molecule has 18 heavy (non-hydrogen) atoms. The van der Waals surface area contributed by atoms with Crippen LogP contribution in [0.1, 0.15) is 25.5 Å². The molecular weight excluding hydrogens is 240 g/mol. The van der Waals surface area contributed by atoms with E-state index in [1.54, 1.807) is 11.8 Å². The standard InChI is InChI=1S/C15H24N2S/c1-11-9-17(10-12(11)2)15(8-16)13-4-6-14(18-3)7-5-13/h4-7,11-12,15H,8-10,16H2,1-3H3. The summed E-state index contributed by atoms with van der Waals surface area (Å²) in [6, 6.07) is 9.25. The molecule has 0 spiro atoms. The van der Waals surface area contributed by atoms with Crippen molar-refractivity contribution in [2.24, 2.45) is 17.6 Å². The SMILES string of the molecule is CSc1ccc(C(CN)N2CC(C)C(C)C2)cc1. The zero-order valence-electron chi connectivity index (χ0n) is 11.6. The molecule has 1 aliphatic heterocycles. The molecule has 0 bridgehead atoms. The first kappa shape index (κ1) is 13.9. The first-order valence-electron chi connectivity index (χ1n) is 6.73. The van der Waals surface area contributed by atoms with Crippen LogP contribution >= 0.6 is 11.8 Å². The van der Waals surface area contributed by atoms with Crippen LogP contribution in [0, 0.1) is 11.8 Å². The topological polar surface area (TPSA) is 29.3 Å². The van der Waals surface area contributed by atoms with Crippen molar-refractivity contribution in [1.29, 1.82) is 0 Å². The van der Waals surface area contributed by atoms with Crippen molar-refractivity contribution in [3.05, 3.63) is 29.8 Å². The average Bonchev–Trinajstić information content (AvgIpc) is 2.71. The summed E-state index contributed by atoms with van der Waals surface area (Å²) in [5.74, 6) is 1.56. The van der Waals surface area contributed by atoms with Crippen LogP contribution in [0.5, 0.6) is 0 Å². The van der Waals surface area contributed by atoms with E-state index >= 15 is 0 Å². The number of hydrogen-bond acceptors (Lipinski definition) is 3. The first-order chi connectivity index (χ1) is 8.65. The van der Waals surface area contributed by atoms with Gasteiger partial charge in [-0.15, -0.1) is 11.8 Å². The number of rotatable bonds is 4. The second kappa shape index (κ2) is 6.09. The monoisotopic (exact) mass is 264 g/mol. The highest BCUT2D eigenvalue weighted by Crippen LogP contribution is 2.30. The molecule has 1 aliphatic rings. The lowest BCUT2D eigenvalue weighted by molar-refractivity contribution is 0.240. The smallest absolute Gasteiger partial charge is 0.0470 e. The minimum atomic E-state index is 0.383. The van der Waals surface area contributed by atoms with Crippen molar-refractivity contribution in [2.45, 2.75) is 24.8 Å². The Bertz CT molecular complexity index is 367. The summed E-state index contributed by atoms with van der Waals surface area (Å²) in [5, 5.41) is 0. The Morgan fingerprint density at radius 3 is 2.22 bits per heavy atom. The fourth-order valence-electron chi connectivity index (χ4n) is 2.75. The van der Waals surface area contributed by atoms with Crippen LogP contribution in [0.3, 0.4) is 0 Å². The Labute approximate surface area is 115 Å². The normalized spacial score (nSPS) is 26.4. The highest BCUT2D eigenvalue weighted by atomic mass is 32.2. The predicted molar refractivity (Wildman–Crippen MR) is 79.9 cm³/mol. The highest BCUT2D eigenvalue weighted by molar-refractivity contribution is 7.98. The quantitative estimate of drug-likeness (QED) is 0.848. The summed E-state index contributed by atoms with van der Waals surface area (Å²) in [5.41, 5.74) is 7.36. The second-order valence-electron chi connectivity index (χ2n) is 5.43. The van der Waals surface area contributed by atoms with E-state index in [0.717, 1.165) is 11.8 Å². The number of nitrogens with two attached hydrogens (primary N) is 1. The zero-order valence-corrected chi connectivity index (χ0v) is 12.4. The molecule has 100 valence electrons. The molecule has 1 aromatic carbocycles. The van der Waals surface area contributed by atoms with Crippen molar-refractivity contribution in [3.8, 4) is 0 Å². The molecule has 3 heteroatoms. The maximum atomic E-state index is 6.00. The number of likely N-dealkylation sites (tertiary alicyclic amines) is 1. The summed E-state index contributed by atoms with van der Waals surface area (Å²) in [6.45, 7) is 7.74. The highest BCUT2D eigenvalue weighted by Gasteiger charge is 2.30. The second-order valence-corrected chi connectivity index (χ2v) is 6.31. The molecule has 0 saturated carbocycles. The number of hydrogen-bond donors (Lipinski definition) is 1. The lowest BCUT2D eigenvalue weighted by atomic mass is 10.0. The van der Waals surface area contributed by atoms with Gasteiger partial charge in [-0.25, -0.2) is 0 Å². The molecule has 0 radical (unpaired) electrons. The van der Waals surface area contributed by atoms with Crippen LogP contribution in [-0.2, 0) is 0 Å². The molecule has 3 atom stereocenters. The van der Waals surface area contributed by atoms with Crippen molar-refractivity contribution in [1.82, 2.24) is 4.90 Å². The number of thioether (sulfide) groups is 1. The van der Waals surface area contributed by atoms with E-state index in [2.05, 4.69) is 49.3 Å². The van der Waals surface area contributed by atoms with Crippen molar-refractivity contribution < 1.29 is 0 Å². The molecule has 1 aromatic rings. The van der Waals surface area contributed by atoms with Crippen LogP contribution in [-0.4, -0.2) is 30.8 Å². The van der Waals surface area contributed by atoms with E-state index in [9.17, 15) is 0 Å².